The average molecular weight is 556 g/mol. The van der Waals surface area contributed by atoms with Gasteiger partial charge < -0.3 is 24.1 Å². The Morgan fingerprint density at radius 1 is 1.03 bits per heavy atom. The molecule has 1 aliphatic carbocycles. The van der Waals surface area contributed by atoms with Gasteiger partial charge in [0.2, 0.25) is 5.78 Å². The lowest BCUT2D eigenvalue weighted by atomic mass is 10.1. The van der Waals surface area contributed by atoms with Crippen LogP contribution in [0.5, 0.6) is 0 Å². The summed E-state index contributed by atoms with van der Waals surface area (Å²) in [6.45, 7) is 1.09. The molecule has 0 radical (unpaired) electrons. The Morgan fingerprint density at radius 2 is 1.72 bits per heavy atom. The van der Waals surface area contributed by atoms with Gasteiger partial charge in [-0.05, 0) is 36.5 Å². The number of nitrogens with one attached hydrogen (secondary N) is 1. The molecule has 11 nitrogen and oxygen atoms in total. The van der Waals surface area contributed by atoms with E-state index in [9.17, 15) is 22.8 Å². The van der Waals surface area contributed by atoms with Crippen molar-refractivity contribution in [3.63, 3.8) is 0 Å². The van der Waals surface area contributed by atoms with Gasteiger partial charge in [0.1, 0.15) is 11.6 Å². The number of nitrogens with zero attached hydrogens (tertiary/aromatic N) is 2. The van der Waals surface area contributed by atoms with Crippen LogP contribution >= 0.6 is 0 Å². The van der Waals surface area contributed by atoms with Crippen LogP contribution in [0, 0.1) is 5.92 Å². The molecule has 0 unspecified atom stereocenters. The maximum Gasteiger partial charge on any atom is 0.408 e. The second kappa shape index (κ2) is 11.5. The minimum absolute atomic E-state index is 0.139. The highest BCUT2D eigenvalue weighted by Crippen LogP contribution is 2.34. The fourth-order valence-corrected chi connectivity index (χ4v) is 5.98. The van der Waals surface area contributed by atoms with Gasteiger partial charge in [0.05, 0.1) is 24.7 Å². The Labute approximate surface area is 225 Å². The van der Waals surface area contributed by atoms with Crippen LogP contribution in [0.1, 0.15) is 29.1 Å². The molecular weight excluding hydrogens is 526 g/mol. The van der Waals surface area contributed by atoms with Crippen molar-refractivity contribution in [1.29, 1.82) is 0 Å². The van der Waals surface area contributed by atoms with Crippen molar-refractivity contribution < 1.29 is 36.7 Å². The van der Waals surface area contributed by atoms with E-state index in [0.29, 0.717) is 42.7 Å². The molecule has 1 N–H and O–H groups in total. The largest absolute Gasteiger partial charge is 0.435 e. The molecule has 0 bridgehead atoms. The van der Waals surface area contributed by atoms with E-state index in [1.165, 1.54) is 4.90 Å². The van der Waals surface area contributed by atoms with Gasteiger partial charge in [-0.2, -0.15) is 0 Å². The van der Waals surface area contributed by atoms with E-state index >= 15 is 0 Å². The topological polar surface area (TPSA) is 145 Å². The number of morpholine rings is 1. The molecule has 5 rings (SSSR count). The van der Waals surface area contributed by atoms with Gasteiger partial charge in [0, 0.05) is 13.1 Å². The Kier molecular flexibility index (Phi) is 7.94. The number of Topliss-reactive ketones (excluding diaryl/α,β-unsaturated/α-hetero) is 1. The first-order valence-corrected chi connectivity index (χ1v) is 14.6. The molecule has 12 heteroatoms. The highest BCUT2D eigenvalue weighted by molar-refractivity contribution is 7.90. The summed E-state index contributed by atoms with van der Waals surface area (Å²) in [5, 5.41) is 2.54. The summed E-state index contributed by atoms with van der Waals surface area (Å²) < 4.78 is 42.3. The second-order valence-corrected chi connectivity index (χ2v) is 11.8. The van der Waals surface area contributed by atoms with Gasteiger partial charge in [0.15, 0.2) is 21.5 Å². The van der Waals surface area contributed by atoms with E-state index in [0.717, 1.165) is 0 Å². The molecule has 1 aliphatic heterocycles. The zero-order chi connectivity index (χ0) is 27.4. The molecule has 2 fully saturated rings. The third kappa shape index (κ3) is 6.82. The predicted octanol–water partition coefficient (Wildman–Crippen LogP) is 2.36. The van der Waals surface area contributed by atoms with Crippen molar-refractivity contribution >= 4 is 38.7 Å². The molecule has 1 saturated heterocycles. The van der Waals surface area contributed by atoms with Gasteiger partial charge in [-0.25, -0.2) is 18.2 Å². The van der Waals surface area contributed by atoms with Crippen molar-refractivity contribution in [2.75, 3.05) is 32.1 Å². The van der Waals surface area contributed by atoms with E-state index in [4.69, 9.17) is 13.9 Å². The third-order valence-corrected chi connectivity index (χ3v) is 8.22. The summed E-state index contributed by atoms with van der Waals surface area (Å²) in [4.78, 5) is 45.1. The van der Waals surface area contributed by atoms with Crippen LogP contribution in [0.2, 0.25) is 0 Å². The number of ketones is 1. The Balaban J connectivity index is 1.31. The minimum atomic E-state index is -3.85. The first-order chi connectivity index (χ1) is 18.8. The quantitative estimate of drug-likeness (QED) is 0.373. The lowest BCUT2D eigenvalue weighted by molar-refractivity contribution is -0.143. The van der Waals surface area contributed by atoms with Crippen molar-refractivity contribution in [2.24, 2.45) is 5.92 Å². The number of rotatable bonds is 10. The van der Waals surface area contributed by atoms with Crippen LogP contribution in [0.15, 0.2) is 59.0 Å². The maximum absolute atomic E-state index is 13.3. The molecule has 2 atom stereocenters. The summed E-state index contributed by atoms with van der Waals surface area (Å²) in [6, 6.07) is 14.5. The summed E-state index contributed by atoms with van der Waals surface area (Å²) >= 11 is 0. The maximum atomic E-state index is 13.3. The number of carbonyl (C=O) groups excluding carboxylic acids is 3. The number of ether oxygens (including phenoxy) is 2. The highest BCUT2D eigenvalue weighted by atomic mass is 32.2. The summed E-state index contributed by atoms with van der Waals surface area (Å²) in [5.74, 6) is -2.43. The number of fused-ring (bicyclic) bond motifs is 1. The van der Waals surface area contributed by atoms with E-state index in [2.05, 4.69) is 10.3 Å². The monoisotopic (exact) mass is 555 g/mol. The number of aromatic nitrogens is 1. The summed E-state index contributed by atoms with van der Waals surface area (Å²) in [5.41, 5.74) is 1.51. The van der Waals surface area contributed by atoms with Crippen LogP contribution in [0.3, 0.4) is 0 Å². The SMILES string of the molecule is O=C(N[C@H](C(=O)c1nc2ccccc2o1)C1CC1)O[C@@H](CS(=O)(=O)Cc1ccccc1)C(=O)N1CCOCC1. The normalized spacial score (nSPS) is 17.4. The number of oxazole rings is 1. The summed E-state index contributed by atoms with van der Waals surface area (Å²) in [6.07, 6.45) is -1.23. The molecule has 2 amide bonds. The number of hydrogen-bond acceptors (Lipinski definition) is 9. The van der Waals surface area contributed by atoms with Gasteiger partial charge in [-0.1, -0.05) is 42.5 Å². The molecule has 0 spiro atoms. The highest BCUT2D eigenvalue weighted by Gasteiger charge is 2.41. The third-order valence-electron chi connectivity index (χ3n) is 6.64. The Hall–Kier alpha value is -3.77. The fourth-order valence-electron chi connectivity index (χ4n) is 4.49. The van der Waals surface area contributed by atoms with Gasteiger partial charge in [-0.3, -0.25) is 9.59 Å². The van der Waals surface area contributed by atoms with E-state index in [1.54, 1.807) is 54.6 Å². The standard InChI is InChI=1S/C27H29N3O8S/c31-24(25-28-20-8-4-5-9-21(20)37-25)23(19-10-11-19)29-27(33)38-22(26(32)30-12-14-36-15-13-30)17-39(34,35)16-18-6-2-1-3-7-18/h1-9,19,22-23H,10-17H2,(H,29,33)/t22-,23-/m0/s1. The molecule has 1 saturated carbocycles. The number of benzene rings is 2. The lowest BCUT2D eigenvalue weighted by Gasteiger charge is -2.30. The molecule has 39 heavy (non-hydrogen) atoms. The minimum Gasteiger partial charge on any atom is -0.435 e. The van der Waals surface area contributed by atoms with Crippen molar-refractivity contribution in [3.05, 3.63) is 66.1 Å². The zero-order valence-electron chi connectivity index (χ0n) is 21.2. The molecule has 2 aliphatic rings. The van der Waals surface area contributed by atoms with Gasteiger partial charge >= 0.3 is 6.09 Å². The van der Waals surface area contributed by atoms with Crippen LogP contribution in [0.4, 0.5) is 4.79 Å². The van der Waals surface area contributed by atoms with Crippen LogP contribution in [0.25, 0.3) is 11.1 Å². The molecule has 206 valence electrons. The fraction of sp³-hybridized carbons (Fsp3) is 0.407. The number of carbonyl (C=O) groups is 3. The van der Waals surface area contributed by atoms with Gasteiger partial charge in [-0.15, -0.1) is 0 Å². The number of sulfone groups is 1. The van der Waals surface area contributed by atoms with E-state index < -0.39 is 45.5 Å². The zero-order valence-corrected chi connectivity index (χ0v) is 22.0. The molecular formula is C27H29N3O8S. The average Bonchev–Trinajstić information content (AvgIpc) is 3.68. The number of amides is 2. The molecule has 2 aromatic carbocycles. The van der Waals surface area contributed by atoms with Crippen LogP contribution < -0.4 is 5.32 Å². The van der Waals surface area contributed by atoms with E-state index in [1.807, 2.05) is 0 Å². The number of hydrogen-bond donors (Lipinski definition) is 1. The predicted molar refractivity (Wildman–Crippen MR) is 140 cm³/mol. The van der Waals surface area contributed by atoms with E-state index in [-0.39, 0.29) is 30.7 Å². The van der Waals surface area contributed by atoms with Crippen molar-refractivity contribution in [2.45, 2.75) is 30.7 Å². The Bertz CT molecular complexity index is 1410. The molecule has 3 aromatic rings. The first-order valence-electron chi connectivity index (χ1n) is 12.8. The second-order valence-electron chi connectivity index (χ2n) is 9.68. The summed E-state index contributed by atoms with van der Waals surface area (Å²) in [7, 11) is -3.85. The van der Waals surface area contributed by atoms with Crippen LogP contribution in [-0.4, -0.2) is 80.3 Å². The lowest BCUT2D eigenvalue weighted by Crippen LogP contribution is -2.51. The van der Waals surface area contributed by atoms with Crippen molar-refractivity contribution in [1.82, 2.24) is 15.2 Å². The molecule has 1 aromatic heterocycles. The Morgan fingerprint density at radius 3 is 2.41 bits per heavy atom. The molecule has 2 heterocycles. The first kappa shape index (κ1) is 26.8. The van der Waals surface area contributed by atoms with Crippen LogP contribution in [-0.2, 0) is 29.9 Å². The van der Waals surface area contributed by atoms with Gasteiger partial charge in [0.25, 0.3) is 11.8 Å². The smallest absolute Gasteiger partial charge is 0.408 e. The van der Waals surface area contributed by atoms with Crippen molar-refractivity contribution in [3.8, 4) is 0 Å². The number of alkyl carbamates (subject to hydrolysis) is 1. The number of para-hydroxylation sites is 2.